The third kappa shape index (κ3) is 4.72. The van der Waals surface area contributed by atoms with Gasteiger partial charge in [-0.2, -0.15) is 5.10 Å². The van der Waals surface area contributed by atoms with Crippen molar-refractivity contribution in [3.8, 4) is 17.1 Å². The predicted molar refractivity (Wildman–Crippen MR) is 132 cm³/mol. The minimum Gasteiger partial charge on any atom is -0.481 e. The van der Waals surface area contributed by atoms with Gasteiger partial charge >= 0.3 is 0 Å². The number of hydrogen-bond donors (Lipinski definition) is 3. The van der Waals surface area contributed by atoms with Gasteiger partial charge in [-0.3, -0.25) is 14.7 Å². The molecule has 4 heterocycles. The number of H-pyrrole nitrogens is 2. The van der Waals surface area contributed by atoms with Gasteiger partial charge < -0.3 is 19.9 Å². The van der Waals surface area contributed by atoms with Gasteiger partial charge in [0.05, 0.1) is 29.5 Å². The van der Waals surface area contributed by atoms with E-state index in [1.807, 2.05) is 30.5 Å². The highest BCUT2D eigenvalue weighted by atomic mass is 35.5. The van der Waals surface area contributed by atoms with Crippen LogP contribution in [0.4, 0.5) is 0 Å². The van der Waals surface area contributed by atoms with Crippen LogP contribution in [-0.4, -0.2) is 57.1 Å². The molecule has 0 radical (unpaired) electrons. The molecule has 3 N–H and O–H groups in total. The number of nitrogens with zero attached hydrogens (tertiary/aromatic N) is 3. The van der Waals surface area contributed by atoms with Gasteiger partial charge in [-0.15, -0.1) is 0 Å². The number of para-hydroxylation sites is 1. The number of likely N-dealkylation sites (tertiary alicyclic amines) is 1. The van der Waals surface area contributed by atoms with Gasteiger partial charge in [0.15, 0.2) is 0 Å². The number of benzene rings is 1. The average molecular weight is 493 g/mol. The lowest BCUT2D eigenvalue weighted by Gasteiger charge is -2.31. The number of nitrogens with one attached hydrogen (secondary N) is 3. The van der Waals surface area contributed by atoms with Crippen molar-refractivity contribution in [2.45, 2.75) is 19.4 Å². The minimum absolute atomic E-state index is 0.0192. The molecule has 4 aromatic rings. The number of ether oxygens (including phenoxy) is 1. The van der Waals surface area contributed by atoms with E-state index >= 15 is 0 Å². The number of carbonyl (C=O) groups excluding carboxylic acids is 2. The van der Waals surface area contributed by atoms with Crippen molar-refractivity contribution in [1.29, 1.82) is 0 Å². The van der Waals surface area contributed by atoms with Gasteiger partial charge in [-0.1, -0.05) is 29.8 Å². The Labute approximate surface area is 206 Å². The van der Waals surface area contributed by atoms with Crippen molar-refractivity contribution in [2.24, 2.45) is 5.92 Å². The van der Waals surface area contributed by atoms with E-state index in [-0.39, 0.29) is 17.7 Å². The van der Waals surface area contributed by atoms with Gasteiger partial charge in [0, 0.05) is 43.4 Å². The average Bonchev–Trinajstić information content (AvgIpc) is 3.57. The number of methoxy groups -OCH3 is 1. The number of amides is 2. The molecule has 0 unspecified atom stereocenters. The summed E-state index contributed by atoms with van der Waals surface area (Å²) in [5.41, 5.74) is 3.62. The molecule has 1 aliphatic rings. The lowest BCUT2D eigenvalue weighted by Crippen LogP contribution is -2.43. The van der Waals surface area contributed by atoms with Crippen molar-refractivity contribution < 1.29 is 14.3 Å². The standard InChI is InChI=1S/C25H25ClN6O3/c1-35-22-11-18(19(26)14-28-22)20-12-21(31-30-20)25(34)32-9-6-16(7-10-32)24(33)29-13-17-4-2-3-15-5-8-27-23(15)17/h2-5,8,11-12,14,16,27H,6-7,9-10,13H2,1H3,(H,29,33)(H,30,31). The van der Waals surface area contributed by atoms with Gasteiger partial charge in [0.25, 0.3) is 5.91 Å². The fourth-order valence-electron chi connectivity index (χ4n) is 4.44. The molecule has 35 heavy (non-hydrogen) atoms. The normalized spacial score (nSPS) is 14.3. The van der Waals surface area contributed by atoms with Crippen LogP contribution in [0.1, 0.15) is 28.9 Å². The quantitative estimate of drug-likeness (QED) is 0.379. The highest BCUT2D eigenvalue weighted by Crippen LogP contribution is 2.29. The summed E-state index contributed by atoms with van der Waals surface area (Å²) in [5, 5.41) is 11.6. The summed E-state index contributed by atoms with van der Waals surface area (Å²) in [6.45, 7) is 1.47. The molecule has 9 nitrogen and oxygen atoms in total. The molecular formula is C25H25ClN6O3. The van der Waals surface area contributed by atoms with E-state index in [0.717, 1.165) is 16.5 Å². The number of aromatic nitrogens is 4. The lowest BCUT2D eigenvalue weighted by molar-refractivity contribution is -0.126. The molecule has 0 atom stereocenters. The molecule has 3 aromatic heterocycles. The van der Waals surface area contributed by atoms with Crippen molar-refractivity contribution in [2.75, 3.05) is 20.2 Å². The van der Waals surface area contributed by atoms with Crippen LogP contribution in [0, 0.1) is 5.92 Å². The third-order valence-electron chi connectivity index (χ3n) is 6.40. The number of fused-ring (bicyclic) bond motifs is 1. The van der Waals surface area contributed by atoms with Crippen LogP contribution in [0.25, 0.3) is 22.2 Å². The summed E-state index contributed by atoms with van der Waals surface area (Å²) >= 11 is 6.25. The van der Waals surface area contributed by atoms with Crippen molar-refractivity contribution >= 4 is 34.3 Å². The van der Waals surface area contributed by atoms with E-state index < -0.39 is 0 Å². The second kappa shape index (κ2) is 9.79. The van der Waals surface area contributed by atoms with E-state index in [9.17, 15) is 9.59 Å². The Morgan fingerprint density at radius 3 is 2.86 bits per heavy atom. The Morgan fingerprint density at radius 1 is 1.23 bits per heavy atom. The van der Waals surface area contributed by atoms with E-state index in [1.165, 1.54) is 13.3 Å². The van der Waals surface area contributed by atoms with Gasteiger partial charge in [-0.05, 0) is 35.9 Å². The molecule has 5 rings (SSSR count). The molecule has 2 amide bonds. The zero-order valence-corrected chi connectivity index (χ0v) is 19.9. The van der Waals surface area contributed by atoms with Crippen molar-refractivity contribution in [3.63, 3.8) is 0 Å². The summed E-state index contributed by atoms with van der Waals surface area (Å²) in [6.07, 6.45) is 4.60. The number of piperidine rings is 1. The monoisotopic (exact) mass is 492 g/mol. The van der Waals surface area contributed by atoms with Crippen LogP contribution in [0.5, 0.6) is 5.88 Å². The van der Waals surface area contributed by atoms with Crippen LogP contribution in [0.3, 0.4) is 0 Å². The Kier molecular flexibility index (Phi) is 6.41. The van der Waals surface area contributed by atoms with Crippen molar-refractivity contribution in [3.05, 3.63) is 65.1 Å². The van der Waals surface area contributed by atoms with Crippen LogP contribution in [0.2, 0.25) is 5.02 Å². The zero-order valence-electron chi connectivity index (χ0n) is 19.2. The van der Waals surface area contributed by atoms with E-state index in [4.69, 9.17) is 16.3 Å². The summed E-state index contributed by atoms with van der Waals surface area (Å²) in [6, 6.07) is 11.4. The molecule has 10 heteroatoms. The third-order valence-corrected chi connectivity index (χ3v) is 6.70. The second-order valence-electron chi connectivity index (χ2n) is 8.52. The lowest BCUT2D eigenvalue weighted by atomic mass is 9.95. The topological polar surface area (TPSA) is 116 Å². The fourth-order valence-corrected chi connectivity index (χ4v) is 4.64. The molecule has 0 bridgehead atoms. The highest BCUT2D eigenvalue weighted by Gasteiger charge is 2.28. The molecule has 0 aliphatic carbocycles. The molecule has 1 saturated heterocycles. The van der Waals surface area contributed by atoms with E-state index in [0.29, 0.717) is 60.3 Å². The maximum absolute atomic E-state index is 13.0. The number of halogens is 1. The highest BCUT2D eigenvalue weighted by molar-refractivity contribution is 6.33. The zero-order chi connectivity index (χ0) is 24.4. The maximum Gasteiger partial charge on any atom is 0.271 e. The largest absolute Gasteiger partial charge is 0.481 e. The molecule has 1 aliphatic heterocycles. The summed E-state index contributed by atoms with van der Waals surface area (Å²) < 4.78 is 5.15. The SMILES string of the molecule is COc1cc(-c2cc(C(=O)N3CCC(C(=O)NCc4cccc5cc[nH]c45)CC3)[nH]n2)c(Cl)cn1. The molecule has 1 fully saturated rings. The fraction of sp³-hybridized carbons (Fsp3) is 0.280. The first-order chi connectivity index (χ1) is 17.0. The first kappa shape index (κ1) is 22.9. The minimum atomic E-state index is -0.154. The van der Waals surface area contributed by atoms with Crippen LogP contribution >= 0.6 is 11.6 Å². The molecule has 0 saturated carbocycles. The smallest absolute Gasteiger partial charge is 0.271 e. The number of carbonyl (C=O) groups is 2. The summed E-state index contributed by atoms with van der Waals surface area (Å²) in [5.74, 6) is 0.149. The first-order valence-electron chi connectivity index (χ1n) is 11.4. The number of pyridine rings is 1. The van der Waals surface area contributed by atoms with Crippen LogP contribution in [0.15, 0.2) is 48.8 Å². The summed E-state index contributed by atoms with van der Waals surface area (Å²) in [4.78, 5) is 34.8. The van der Waals surface area contributed by atoms with E-state index in [1.54, 1.807) is 17.0 Å². The Bertz CT molecular complexity index is 1370. The van der Waals surface area contributed by atoms with Gasteiger partial charge in [0.1, 0.15) is 5.69 Å². The first-order valence-corrected chi connectivity index (χ1v) is 11.8. The number of aromatic amines is 2. The second-order valence-corrected chi connectivity index (χ2v) is 8.92. The molecule has 180 valence electrons. The Morgan fingerprint density at radius 2 is 2.06 bits per heavy atom. The van der Waals surface area contributed by atoms with Crippen LogP contribution in [-0.2, 0) is 11.3 Å². The van der Waals surface area contributed by atoms with Gasteiger partial charge in [0.2, 0.25) is 11.8 Å². The molecular weight excluding hydrogens is 468 g/mol. The Hall–Kier alpha value is -3.85. The maximum atomic E-state index is 13.0. The summed E-state index contributed by atoms with van der Waals surface area (Å²) in [7, 11) is 1.52. The number of hydrogen-bond acceptors (Lipinski definition) is 5. The van der Waals surface area contributed by atoms with Crippen molar-refractivity contribution in [1.82, 2.24) is 30.4 Å². The van der Waals surface area contributed by atoms with E-state index in [2.05, 4.69) is 25.5 Å². The van der Waals surface area contributed by atoms with Crippen LogP contribution < -0.4 is 10.1 Å². The predicted octanol–water partition coefficient (Wildman–Crippen LogP) is 3.78. The molecule has 0 spiro atoms. The van der Waals surface area contributed by atoms with Gasteiger partial charge in [-0.25, -0.2) is 4.98 Å². The molecule has 1 aromatic carbocycles. The number of rotatable bonds is 6. The Balaban J connectivity index is 1.17.